The van der Waals surface area contributed by atoms with Crippen LogP contribution in [0.3, 0.4) is 0 Å². The molecule has 20 heavy (non-hydrogen) atoms. The second kappa shape index (κ2) is 6.18. The summed E-state index contributed by atoms with van der Waals surface area (Å²) in [5, 5.41) is 14.7. The number of H-pyrrole nitrogens is 1. The molecule has 2 heterocycles. The minimum atomic E-state index is -3.71. The third-order valence-electron chi connectivity index (χ3n) is 2.25. The number of rotatable bonds is 4. The van der Waals surface area contributed by atoms with E-state index in [0.717, 1.165) is 0 Å². The Morgan fingerprint density at radius 3 is 3.00 bits per heavy atom. The van der Waals surface area contributed by atoms with Gasteiger partial charge < -0.3 is 5.11 Å². The second-order valence-electron chi connectivity index (χ2n) is 3.74. The highest BCUT2D eigenvalue weighted by Crippen LogP contribution is 2.13. The number of nitrogens with zero attached hydrogens (tertiary/aromatic N) is 2. The Kier molecular flexibility index (Phi) is 4.34. The Balaban J connectivity index is 2.19. The summed E-state index contributed by atoms with van der Waals surface area (Å²) in [6.07, 6.45) is 4.29. The van der Waals surface area contributed by atoms with Crippen molar-refractivity contribution in [2.45, 2.75) is 11.3 Å². The standard InChI is InChI=1S/C12H12N4O3S/c17-6-2-1-3-10-4-5-13-12(7-10)16-20(18,19)11-8-14-15-9-11/h4-5,7-9,17H,2,6H2,(H,13,16)(H,14,15). The molecule has 2 rings (SSSR count). The molecule has 0 amide bonds. The molecule has 3 N–H and O–H groups in total. The van der Waals surface area contributed by atoms with E-state index in [2.05, 4.69) is 31.7 Å². The third kappa shape index (κ3) is 3.57. The van der Waals surface area contributed by atoms with Gasteiger partial charge in [-0.25, -0.2) is 13.4 Å². The van der Waals surface area contributed by atoms with Crippen LogP contribution in [0, 0.1) is 11.8 Å². The predicted octanol–water partition coefficient (Wildman–Crippen LogP) is 0.339. The fourth-order valence-corrected chi connectivity index (χ4v) is 2.27. The normalized spacial score (nSPS) is 10.7. The molecule has 0 saturated carbocycles. The van der Waals surface area contributed by atoms with Crippen LogP contribution in [0.25, 0.3) is 0 Å². The Hall–Kier alpha value is -2.37. The number of hydrogen-bond acceptors (Lipinski definition) is 5. The first-order valence-electron chi connectivity index (χ1n) is 5.69. The van der Waals surface area contributed by atoms with Gasteiger partial charge in [-0.3, -0.25) is 9.82 Å². The quantitative estimate of drug-likeness (QED) is 0.704. The number of aromatic amines is 1. The highest BCUT2D eigenvalue weighted by atomic mass is 32.2. The summed E-state index contributed by atoms with van der Waals surface area (Å²) in [4.78, 5) is 3.95. The van der Waals surface area contributed by atoms with Crippen molar-refractivity contribution in [2.24, 2.45) is 0 Å². The van der Waals surface area contributed by atoms with E-state index in [4.69, 9.17) is 5.11 Å². The number of aliphatic hydroxyl groups excluding tert-OH is 1. The van der Waals surface area contributed by atoms with E-state index in [1.54, 1.807) is 6.07 Å². The van der Waals surface area contributed by atoms with Crippen LogP contribution >= 0.6 is 0 Å². The number of nitrogens with one attached hydrogen (secondary N) is 2. The molecule has 104 valence electrons. The van der Waals surface area contributed by atoms with Gasteiger partial charge >= 0.3 is 0 Å². The van der Waals surface area contributed by atoms with Crippen LogP contribution in [0.15, 0.2) is 35.6 Å². The van der Waals surface area contributed by atoms with E-state index in [0.29, 0.717) is 12.0 Å². The van der Waals surface area contributed by atoms with Gasteiger partial charge in [0.05, 0.1) is 12.8 Å². The monoisotopic (exact) mass is 292 g/mol. The van der Waals surface area contributed by atoms with Crippen LogP contribution in [-0.4, -0.2) is 35.3 Å². The molecule has 0 fully saturated rings. The molecule has 8 heteroatoms. The van der Waals surface area contributed by atoms with Crippen molar-refractivity contribution in [2.75, 3.05) is 11.3 Å². The minimum absolute atomic E-state index is 0.0158. The summed E-state index contributed by atoms with van der Waals surface area (Å²) in [5.74, 6) is 5.72. The fourth-order valence-electron chi connectivity index (χ4n) is 1.37. The summed E-state index contributed by atoms with van der Waals surface area (Å²) in [6, 6.07) is 3.17. The molecule has 0 spiro atoms. The zero-order valence-corrected chi connectivity index (χ0v) is 11.2. The topological polar surface area (TPSA) is 108 Å². The first kappa shape index (κ1) is 14.0. The molecule has 0 aliphatic carbocycles. The van der Waals surface area contributed by atoms with Crippen LogP contribution in [-0.2, 0) is 10.0 Å². The largest absolute Gasteiger partial charge is 0.395 e. The average Bonchev–Trinajstić information content (AvgIpc) is 2.94. The molecule has 0 aliphatic rings. The van der Waals surface area contributed by atoms with Crippen LogP contribution < -0.4 is 4.72 Å². The van der Waals surface area contributed by atoms with Gasteiger partial charge in [0.1, 0.15) is 10.7 Å². The third-order valence-corrected chi connectivity index (χ3v) is 3.57. The average molecular weight is 292 g/mol. The Morgan fingerprint density at radius 2 is 2.30 bits per heavy atom. The molecule has 0 saturated heterocycles. The molecule has 0 radical (unpaired) electrons. The number of pyridine rings is 1. The Labute approximate surface area is 116 Å². The number of hydrogen-bond donors (Lipinski definition) is 3. The van der Waals surface area contributed by atoms with Gasteiger partial charge in [0.15, 0.2) is 0 Å². The van der Waals surface area contributed by atoms with Crippen molar-refractivity contribution in [1.82, 2.24) is 15.2 Å². The van der Waals surface area contributed by atoms with E-state index >= 15 is 0 Å². The van der Waals surface area contributed by atoms with E-state index < -0.39 is 10.0 Å². The van der Waals surface area contributed by atoms with Crippen LogP contribution in [0.1, 0.15) is 12.0 Å². The van der Waals surface area contributed by atoms with Crippen LogP contribution in [0.5, 0.6) is 0 Å². The number of anilines is 1. The summed E-state index contributed by atoms with van der Waals surface area (Å²) in [7, 11) is -3.71. The Bertz CT molecular complexity index is 730. The zero-order chi connectivity index (χ0) is 14.4. The van der Waals surface area contributed by atoms with Gasteiger partial charge in [-0.1, -0.05) is 11.8 Å². The maximum atomic E-state index is 12.0. The van der Waals surface area contributed by atoms with Gasteiger partial charge in [0.25, 0.3) is 10.0 Å². The molecule has 2 aromatic rings. The summed E-state index contributed by atoms with van der Waals surface area (Å²) < 4.78 is 26.2. The molecule has 7 nitrogen and oxygen atoms in total. The van der Waals surface area contributed by atoms with Crippen molar-refractivity contribution < 1.29 is 13.5 Å². The molecule has 0 aliphatic heterocycles. The van der Waals surface area contributed by atoms with Crippen molar-refractivity contribution >= 4 is 15.8 Å². The number of aliphatic hydroxyl groups is 1. The first-order chi connectivity index (χ1) is 9.62. The SMILES string of the molecule is O=S(=O)(Nc1cc(C#CCCO)ccn1)c1cn[nH]c1. The maximum absolute atomic E-state index is 12.0. The molecular weight excluding hydrogens is 280 g/mol. The van der Waals surface area contributed by atoms with Gasteiger partial charge in [0, 0.05) is 24.4 Å². The van der Waals surface area contributed by atoms with E-state index in [-0.39, 0.29) is 17.3 Å². The lowest BCUT2D eigenvalue weighted by Gasteiger charge is -2.04. The van der Waals surface area contributed by atoms with E-state index in [9.17, 15) is 8.42 Å². The highest BCUT2D eigenvalue weighted by Gasteiger charge is 2.15. The van der Waals surface area contributed by atoms with Gasteiger partial charge in [-0.15, -0.1) is 0 Å². The lowest BCUT2D eigenvalue weighted by Crippen LogP contribution is -2.13. The summed E-state index contributed by atoms with van der Waals surface area (Å²) >= 11 is 0. The lowest BCUT2D eigenvalue weighted by atomic mass is 10.2. The number of aromatic nitrogens is 3. The molecule has 2 aromatic heterocycles. The maximum Gasteiger partial charge on any atom is 0.266 e. The van der Waals surface area contributed by atoms with Gasteiger partial charge in [-0.05, 0) is 12.1 Å². The predicted molar refractivity (Wildman–Crippen MR) is 72.2 cm³/mol. The van der Waals surface area contributed by atoms with Gasteiger partial charge in [-0.2, -0.15) is 5.10 Å². The molecule has 0 bridgehead atoms. The smallest absolute Gasteiger partial charge is 0.266 e. The Morgan fingerprint density at radius 1 is 1.45 bits per heavy atom. The highest BCUT2D eigenvalue weighted by molar-refractivity contribution is 7.92. The number of sulfonamides is 1. The van der Waals surface area contributed by atoms with Crippen LogP contribution in [0.2, 0.25) is 0 Å². The van der Waals surface area contributed by atoms with Crippen molar-refractivity contribution in [3.8, 4) is 11.8 Å². The minimum Gasteiger partial charge on any atom is -0.395 e. The summed E-state index contributed by atoms with van der Waals surface area (Å²) in [6.45, 7) is -0.0158. The van der Waals surface area contributed by atoms with E-state index in [1.807, 2.05) is 0 Å². The molecule has 0 atom stereocenters. The van der Waals surface area contributed by atoms with Crippen molar-refractivity contribution in [3.63, 3.8) is 0 Å². The van der Waals surface area contributed by atoms with Crippen molar-refractivity contribution in [3.05, 3.63) is 36.3 Å². The molecule has 0 unspecified atom stereocenters. The van der Waals surface area contributed by atoms with Crippen molar-refractivity contribution in [1.29, 1.82) is 0 Å². The first-order valence-corrected chi connectivity index (χ1v) is 7.17. The zero-order valence-electron chi connectivity index (χ0n) is 10.4. The molecule has 0 aromatic carbocycles. The molecular formula is C12H12N4O3S. The fraction of sp³-hybridized carbons (Fsp3) is 0.167. The van der Waals surface area contributed by atoms with Crippen LogP contribution in [0.4, 0.5) is 5.82 Å². The van der Waals surface area contributed by atoms with E-state index in [1.165, 1.54) is 24.7 Å². The summed E-state index contributed by atoms with van der Waals surface area (Å²) in [5.41, 5.74) is 0.610. The lowest BCUT2D eigenvalue weighted by molar-refractivity contribution is 0.305. The second-order valence-corrected chi connectivity index (χ2v) is 5.43. The van der Waals surface area contributed by atoms with Gasteiger partial charge in [0.2, 0.25) is 0 Å².